The summed E-state index contributed by atoms with van der Waals surface area (Å²) < 4.78 is 7.22. The Morgan fingerprint density at radius 1 is 1.35 bits per heavy atom. The van der Waals surface area contributed by atoms with E-state index >= 15 is 0 Å². The Labute approximate surface area is 119 Å². The van der Waals surface area contributed by atoms with E-state index in [1.165, 1.54) is 0 Å². The van der Waals surface area contributed by atoms with Crippen LogP contribution in [0.5, 0.6) is 0 Å². The molecular formula is C16H22N2O2. The molecule has 4 nitrogen and oxygen atoms in total. The standard InChI is InChI=1S/C16H22N2O2/c1-5-20-16(19)12(10-11(2)3)15-17-13-8-6-7-9-14(13)18(15)4/h6-9,11-12H,5,10H2,1-4H3. The van der Waals surface area contributed by atoms with Gasteiger partial charge in [0.05, 0.1) is 17.6 Å². The van der Waals surface area contributed by atoms with Gasteiger partial charge in [-0.05, 0) is 31.4 Å². The van der Waals surface area contributed by atoms with Crippen LogP contribution in [0, 0.1) is 5.92 Å². The quantitative estimate of drug-likeness (QED) is 0.786. The maximum absolute atomic E-state index is 12.2. The first-order valence-electron chi connectivity index (χ1n) is 7.12. The van der Waals surface area contributed by atoms with Crippen LogP contribution in [0.1, 0.15) is 38.9 Å². The second-order valence-corrected chi connectivity index (χ2v) is 5.45. The summed E-state index contributed by atoms with van der Waals surface area (Å²) in [4.78, 5) is 16.9. The van der Waals surface area contributed by atoms with Crippen LogP contribution in [-0.4, -0.2) is 22.1 Å². The van der Waals surface area contributed by atoms with Crippen molar-refractivity contribution in [1.29, 1.82) is 0 Å². The number of imidazole rings is 1. The number of carbonyl (C=O) groups excluding carboxylic acids is 1. The first kappa shape index (κ1) is 14.6. The lowest BCUT2D eigenvalue weighted by Crippen LogP contribution is -2.21. The summed E-state index contributed by atoms with van der Waals surface area (Å²) in [7, 11) is 1.96. The molecule has 1 aromatic heterocycles. The third kappa shape index (κ3) is 2.84. The largest absolute Gasteiger partial charge is 0.465 e. The number of nitrogens with zero attached hydrogens (tertiary/aromatic N) is 2. The lowest BCUT2D eigenvalue weighted by atomic mass is 9.96. The number of esters is 1. The average molecular weight is 274 g/mol. The summed E-state index contributed by atoms with van der Waals surface area (Å²) in [6, 6.07) is 7.93. The topological polar surface area (TPSA) is 44.1 Å². The van der Waals surface area contributed by atoms with Crippen molar-refractivity contribution in [3.63, 3.8) is 0 Å². The lowest BCUT2D eigenvalue weighted by molar-refractivity contribution is -0.145. The third-order valence-electron chi connectivity index (χ3n) is 3.41. The zero-order valence-corrected chi connectivity index (χ0v) is 12.6. The number of rotatable bonds is 5. The van der Waals surface area contributed by atoms with Crippen molar-refractivity contribution < 1.29 is 9.53 Å². The summed E-state index contributed by atoms with van der Waals surface area (Å²) in [5.74, 6) is 0.717. The molecule has 0 saturated carbocycles. The number of benzene rings is 1. The van der Waals surface area contributed by atoms with Crippen LogP contribution in [0.4, 0.5) is 0 Å². The van der Waals surface area contributed by atoms with E-state index in [-0.39, 0.29) is 11.9 Å². The Hall–Kier alpha value is -1.84. The predicted octanol–water partition coefficient (Wildman–Crippen LogP) is 3.27. The minimum absolute atomic E-state index is 0.181. The number of hydrogen-bond donors (Lipinski definition) is 0. The van der Waals surface area contributed by atoms with Gasteiger partial charge in [0.2, 0.25) is 0 Å². The van der Waals surface area contributed by atoms with Gasteiger partial charge < -0.3 is 9.30 Å². The van der Waals surface area contributed by atoms with E-state index in [0.717, 1.165) is 23.3 Å². The van der Waals surface area contributed by atoms with Crippen LogP contribution in [0.15, 0.2) is 24.3 Å². The third-order valence-corrected chi connectivity index (χ3v) is 3.41. The molecule has 0 aliphatic rings. The number of para-hydroxylation sites is 2. The van der Waals surface area contributed by atoms with E-state index in [0.29, 0.717) is 12.5 Å². The average Bonchev–Trinajstić information content (AvgIpc) is 2.74. The van der Waals surface area contributed by atoms with Crippen molar-refractivity contribution in [2.45, 2.75) is 33.1 Å². The highest BCUT2D eigenvalue weighted by Gasteiger charge is 2.27. The molecule has 1 unspecified atom stereocenters. The maximum atomic E-state index is 12.2. The van der Waals surface area contributed by atoms with Gasteiger partial charge in [-0.1, -0.05) is 26.0 Å². The monoisotopic (exact) mass is 274 g/mol. The maximum Gasteiger partial charge on any atom is 0.316 e. The zero-order chi connectivity index (χ0) is 14.7. The molecule has 2 aromatic rings. The van der Waals surface area contributed by atoms with Gasteiger partial charge in [-0.3, -0.25) is 4.79 Å². The molecule has 0 aliphatic carbocycles. The number of hydrogen-bond acceptors (Lipinski definition) is 3. The molecule has 108 valence electrons. The van der Waals surface area contributed by atoms with Crippen LogP contribution < -0.4 is 0 Å². The highest BCUT2D eigenvalue weighted by atomic mass is 16.5. The second-order valence-electron chi connectivity index (χ2n) is 5.45. The van der Waals surface area contributed by atoms with Gasteiger partial charge in [-0.2, -0.15) is 0 Å². The van der Waals surface area contributed by atoms with Crippen LogP contribution in [-0.2, 0) is 16.6 Å². The molecule has 0 radical (unpaired) electrons. The minimum atomic E-state index is -0.299. The minimum Gasteiger partial charge on any atom is -0.465 e. The SMILES string of the molecule is CCOC(=O)C(CC(C)C)c1nc2ccccc2n1C. The Balaban J connectivity index is 2.44. The normalized spacial score (nSPS) is 12.8. The summed E-state index contributed by atoms with van der Waals surface area (Å²) in [5, 5.41) is 0. The molecule has 1 aromatic carbocycles. The van der Waals surface area contributed by atoms with Gasteiger partial charge in [0.1, 0.15) is 11.7 Å². The number of carbonyl (C=O) groups is 1. The van der Waals surface area contributed by atoms with Crippen LogP contribution in [0.2, 0.25) is 0 Å². The van der Waals surface area contributed by atoms with E-state index in [1.807, 2.05) is 42.8 Å². The molecule has 0 saturated heterocycles. The first-order valence-corrected chi connectivity index (χ1v) is 7.12. The molecule has 0 amide bonds. The molecular weight excluding hydrogens is 252 g/mol. The molecule has 0 bridgehead atoms. The molecule has 1 atom stereocenters. The van der Waals surface area contributed by atoms with Crippen molar-refractivity contribution in [3.8, 4) is 0 Å². The number of fused-ring (bicyclic) bond motifs is 1. The fraction of sp³-hybridized carbons (Fsp3) is 0.500. The highest BCUT2D eigenvalue weighted by molar-refractivity contribution is 5.81. The van der Waals surface area contributed by atoms with E-state index in [1.54, 1.807) is 0 Å². The molecule has 20 heavy (non-hydrogen) atoms. The zero-order valence-electron chi connectivity index (χ0n) is 12.6. The highest BCUT2D eigenvalue weighted by Crippen LogP contribution is 2.27. The van der Waals surface area contributed by atoms with Gasteiger partial charge in [-0.25, -0.2) is 4.98 Å². The van der Waals surface area contributed by atoms with E-state index in [9.17, 15) is 4.79 Å². The number of aryl methyl sites for hydroxylation is 1. The van der Waals surface area contributed by atoms with Crippen molar-refractivity contribution >= 4 is 17.0 Å². The fourth-order valence-corrected chi connectivity index (χ4v) is 2.50. The summed E-state index contributed by atoms with van der Waals surface area (Å²) in [5.41, 5.74) is 1.96. The molecule has 0 aliphatic heterocycles. The van der Waals surface area contributed by atoms with Gasteiger partial charge >= 0.3 is 5.97 Å². The Morgan fingerprint density at radius 2 is 2.05 bits per heavy atom. The Kier molecular flexibility index (Phi) is 4.42. The number of aromatic nitrogens is 2. The van der Waals surface area contributed by atoms with E-state index < -0.39 is 0 Å². The van der Waals surface area contributed by atoms with Gasteiger partial charge in [0.15, 0.2) is 0 Å². The molecule has 0 N–H and O–H groups in total. The van der Waals surface area contributed by atoms with Crippen molar-refractivity contribution in [2.75, 3.05) is 6.61 Å². The Morgan fingerprint density at radius 3 is 2.65 bits per heavy atom. The fourth-order valence-electron chi connectivity index (χ4n) is 2.50. The van der Waals surface area contributed by atoms with Gasteiger partial charge in [0, 0.05) is 7.05 Å². The summed E-state index contributed by atoms with van der Waals surface area (Å²) in [6.45, 7) is 6.44. The van der Waals surface area contributed by atoms with Crippen molar-refractivity contribution in [2.24, 2.45) is 13.0 Å². The van der Waals surface area contributed by atoms with E-state index in [4.69, 9.17) is 4.74 Å². The first-order chi connectivity index (χ1) is 9.54. The van der Waals surface area contributed by atoms with Crippen LogP contribution in [0.3, 0.4) is 0 Å². The Bertz CT molecular complexity index is 602. The molecule has 4 heteroatoms. The summed E-state index contributed by atoms with van der Waals surface area (Å²) >= 11 is 0. The van der Waals surface area contributed by atoms with Crippen molar-refractivity contribution in [3.05, 3.63) is 30.1 Å². The van der Waals surface area contributed by atoms with Crippen LogP contribution >= 0.6 is 0 Å². The molecule has 0 spiro atoms. The number of ether oxygens (including phenoxy) is 1. The molecule has 0 fully saturated rings. The van der Waals surface area contributed by atoms with Crippen molar-refractivity contribution in [1.82, 2.24) is 9.55 Å². The van der Waals surface area contributed by atoms with Crippen LogP contribution in [0.25, 0.3) is 11.0 Å². The summed E-state index contributed by atoms with van der Waals surface area (Å²) in [6.07, 6.45) is 0.746. The lowest BCUT2D eigenvalue weighted by Gasteiger charge is -2.17. The molecule has 2 rings (SSSR count). The van der Waals surface area contributed by atoms with E-state index in [2.05, 4.69) is 18.8 Å². The second kappa shape index (κ2) is 6.07. The van der Waals surface area contributed by atoms with Gasteiger partial charge in [0.25, 0.3) is 0 Å². The predicted molar refractivity (Wildman–Crippen MR) is 79.5 cm³/mol. The molecule has 1 heterocycles. The van der Waals surface area contributed by atoms with Gasteiger partial charge in [-0.15, -0.1) is 0 Å². The smallest absolute Gasteiger partial charge is 0.316 e.